The Balaban J connectivity index is 1.41. The summed E-state index contributed by atoms with van der Waals surface area (Å²) < 4.78 is 0. The van der Waals surface area contributed by atoms with Gasteiger partial charge in [0, 0.05) is 11.7 Å². The van der Waals surface area contributed by atoms with Crippen molar-refractivity contribution >= 4 is 11.7 Å². The molecule has 4 bridgehead atoms. The molecular formula is C19H26N2O. The fraction of sp³-hybridized carbons (Fsp3) is 0.632. The predicted molar refractivity (Wildman–Crippen MR) is 88.7 cm³/mol. The quantitative estimate of drug-likeness (QED) is 0.852. The zero-order valence-corrected chi connectivity index (χ0v) is 13.3. The molecule has 4 saturated carbocycles. The lowest BCUT2D eigenvalue weighted by Gasteiger charge is -2.59. The van der Waals surface area contributed by atoms with Crippen LogP contribution < -0.4 is 10.6 Å². The van der Waals surface area contributed by atoms with Crippen molar-refractivity contribution in [2.75, 3.05) is 5.32 Å². The second kappa shape index (κ2) is 5.29. The van der Waals surface area contributed by atoms with Gasteiger partial charge in [-0.25, -0.2) is 4.79 Å². The number of benzene rings is 1. The summed E-state index contributed by atoms with van der Waals surface area (Å²) in [6.45, 7) is 2.22. The molecule has 0 heterocycles. The molecule has 0 radical (unpaired) electrons. The van der Waals surface area contributed by atoms with Crippen LogP contribution in [0.5, 0.6) is 0 Å². The maximum Gasteiger partial charge on any atom is 0.319 e. The Labute approximate surface area is 132 Å². The van der Waals surface area contributed by atoms with Crippen LogP contribution in [-0.4, -0.2) is 12.1 Å². The Morgan fingerprint density at radius 3 is 2.14 bits per heavy atom. The van der Waals surface area contributed by atoms with Crippen LogP contribution >= 0.6 is 0 Å². The molecule has 3 heteroatoms. The first kappa shape index (κ1) is 14.1. The molecule has 1 atom stereocenters. The fourth-order valence-electron chi connectivity index (χ4n) is 5.75. The molecule has 1 aromatic rings. The minimum absolute atomic E-state index is 0.0607. The smallest absolute Gasteiger partial charge is 0.319 e. The van der Waals surface area contributed by atoms with Gasteiger partial charge < -0.3 is 10.6 Å². The molecule has 2 N–H and O–H groups in total. The molecule has 4 fully saturated rings. The van der Waals surface area contributed by atoms with Gasteiger partial charge in [-0.2, -0.15) is 0 Å². The van der Waals surface area contributed by atoms with E-state index in [0.29, 0.717) is 5.41 Å². The molecule has 4 aliphatic rings. The average molecular weight is 298 g/mol. The van der Waals surface area contributed by atoms with Gasteiger partial charge in [0.25, 0.3) is 0 Å². The molecule has 4 aliphatic carbocycles. The molecule has 3 nitrogen and oxygen atoms in total. The third-order valence-electron chi connectivity index (χ3n) is 6.38. The third kappa shape index (κ3) is 2.51. The van der Waals surface area contributed by atoms with Crippen molar-refractivity contribution in [1.82, 2.24) is 5.32 Å². The molecule has 0 aliphatic heterocycles. The van der Waals surface area contributed by atoms with Crippen molar-refractivity contribution < 1.29 is 4.79 Å². The average Bonchev–Trinajstić information content (AvgIpc) is 2.46. The molecule has 118 valence electrons. The number of amides is 2. The van der Waals surface area contributed by atoms with Crippen LogP contribution in [-0.2, 0) is 0 Å². The van der Waals surface area contributed by atoms with Crippen molar-refractivity contribution in [3.63, 3.8) is 0 Å². The van der Waals surface area contributed by atoms with E-state index >= 15 is 0 Å². The summed E-state index contributed by atoms with van der Waals surface area (Å²) >= 11 is 0. The van der Waals surface area contributed by atoms with E-state index in [9.17, 15) is 4.79 Å². The van der Waals surface area contributed by atoms with Gasteiger partial charge in [0.05, 0.1) is 0 Å². The number of para-hydroxylation sites is 1. The highest BCUT2D eigenvalue weighted by Gasteiger charge is 2.53. The van der Waals surface area contributed by atoms with E-state index in [1.54, 1.807) is 0 Å². The first-order valence-electron chi connectivity index (χ1n) is 8.75. The van der Waals surface area contributed by atoms with Gasteiger partial charge in [-0.3, -0.25) is 0 Å². The number of hydrogen-bond acceptors (Lipinski definition) is 1. The minimum Gasteiger partial charge on any atom is -0.335 e. The normalized spacial score (nSPS) is 36.9. The Bertz CT molecular complexity index is 519. The number of carbonyl (C=O) groups excluding carboxylic acids is 1. The summed E-state index contributed by atoms with van der Waals surface area (Å²) in [5.41, 5.74) is 1.22. The van der Waals surface area contributed by atoms with E-state index in [1.165, 1.54) is 38.5 Å². The van der Waals surface area contributed by atoms with E-state index in [0.717, 1.165) is 23.4 Å². The molecule has 1 aromatic carbocycles. The standard InChI is InChI=1S/C19H26N2O/c1-13(20-18(22)21-17-5-3-2-4-6-17)19-10-14-7-15(11-19)9-16(8-14)12-19/h2-6,13-16H,7-12H2,1H3,(H2,20,21,22). The van der Waals surface area contributed by atoms with Crippen LogP contribution in [0.3, 0.4) is 0 Å². The van der Waals surface area contributed by atoms with Crippen LogP contribution in [0.2, 0.25) is 0 Å². The summed E-state index contributed by atoms with van der Waals surface area (Å²) in [6.07, 6.45) is 8.32. The largest absolute Gasteiger partial charge is 0.335 e. The minimum atomic E-state index is -0.0607. The second-order valence-corrected chi connectivity index (χ2v) is 7.97. The molecule has 1 unspecified atom stereocenters. The SMILES string of the molecule is CC(NC(=O)Nc1ccccc1)C12CC3CC(CC(C3)C1)C2. The topological polar surface area (TPSA) is 41.1 Å². The summed E-state index contributed by atoms with van der Waals surface area (Å²) in [4.78, 5) is 12.3. The van der Waals surface area contributed by atoms with E-state index in [2.05, 4.69) is 17.6 Å². The predicted octanol–water partition coefficient (Wildman–Crippen LogP) is 4.41. The monoisotopic (exact) mass is 298 g/mol. The van der Waals surface area contributed by atoms with E-state index in [-0.39, 0.29) is 12.1 Å². The maximum absolute atomic E-state index is 12.3. The summed E-state index contributed by atoms with van der Waals surface area (Å²) in [5.74, 6) is 2.77. The Hall–Kier alpha value is -1.51. The van der Waals surface area contributed by atoms with Crippen LogP contribution in [0.15, 0.2) is 30.3 Å². The number of anilines is 1. The summed E-state index contributed by atoms with van der Waals surface area (Å²) in [6, 6.07) is 9.90. The highest BCUT2D eigenvalue weighted by Crippen LogP contribution is 2.61. The van der Waals surface area contributed by atoms with Crippen LogP contribution in [0.4, 0.5) is 10.5 Å². The first-order valence-corrected chi connectivity index (χ1v) is 8.75. The maximum atomic E-state index is 12.3. The van der Waals surface area contributed by atoms with Crippen molar-refractivity contribution in [3.05, 3.63) is 30.3 Å². The second-order valence-electron chi connectivity index (χ2n) is 7.97. The van der Waals surface area contributed by atoms with Crippen molar-refractivity contribution in [2.24, 2.45) is 23.2 Å². The molecule has 0 spiro atoms. The van der Waals surface area contributed by atoms with E-state index in [1.807, 2.05) is 30.3 Å². The number of hydrogen-bond donors (Lipinski definition) is 2. The molecule has 0 saturated heterocycles. The number of nitrogens with one attached hydrogen (secondary N) is 2. The van der Waals surface area contributed by atoms with E-state index < -0.39 is 0 Å². The van der Waals surface area contributed by atoms with Gasteiger partial charge in [0.15, 0.2) is 0 Å². The van der Waals surface area contributed by atoms with E-state index in [4.69, 9.17) is 0 Å². The van der Waals surface area contributed by atoms with Crippen molar-refractivity contribution in [1.29, 1.82) is 0 Å². The Morgan fingerprint density at radius 1 is 1.05 bits per heavy atom. The van der Waals surface area contributed by atoms with Gasteiger partial charge in [-0.15, -0.1) is 0 Å². The first-order chi connectivity index (χ1) is 10.6. The zero-order chi connectivity index (χ0) is 15.2. The Kier molecular flexibility index (Phi) is 3.39. The number of urea groups is 1. The zero-order valence-electron chi connectivity index (χ0n) is 13.3. The summed E-state index contributed by atoms with van der Waals surface area (Å²) in [5, 5.41) is 6.19. The van der Waals surface area contributed by atoms with Gasteiger partial charge in [0.1, 0.15) is 0 Å². The lowest BCUT2D eigenvalue weighted by Crippen LogP contribution is -2.56. The fourth-order valence-corrected chi connectivity index (χ4v) is 5.75. The molecule has 2 amide bonds. The lowest BCUT2D eigenvalue weighted by atomic mass is 9.48. The Morgan fingerprint density at radius 2 is 1.59 bits per heavy atom. The van der Waals surface area contributed by atoms with Crippen LogP contribution in [0, 0.1) is 23.2 Å². The summed E-state index contributed by atoms with van der Waals surface area (Å²) in [7, 11) is 0. The van der Waals surface area contributed by atoms with Gasteiger partial charge in [0.2, 0.25) is 0 Å². The van der Waals surface area contributed by atoms with Crippen molar-refractivity contribution in [2.45, 2.75) is 51.5 Å². The third-order valence-corrected chi connectivity index (χ3v) is 6.38. The molecule has 5 rings (SSSR count). The molecule has 0 aromatic heterocycles. The van der Waals surface area contributed by atoms with Gasteiger partial charge >= 0.3 is 6.03 Å². The molecule has 22 heavy (non-hydrogen) atoms. The van der Waals surface area contributed by atoms with Crippen LogP contribution in [0.1, 0.15) is 45.4 Å². The number of carbonyl (C=O) groups is 1. The number of rotatable bonds is 3. The molecular weight excluding hydrogens is 272 g/mol. The highest BCUT2D eigenvalue weighted by atomic mass is 16.2. The van der Waals surface area contributed by atoms with Crippen LogP contribution in [0.25, 0.3) is 0 Å². The highest BCUT2D eigenvalue weighted by molar-refractivity contribution is 5.89. The lowest BCUT2D eigenvalue weighted by molar-refractivity contribution is -0.0679. The van der Waals surface area contributed by atoms with Gasteiger partial charge in [-0.1, -0.05) is 18.2 Å². The van der Waals surface area contributed by atoms with Gasteiger partial charge in [-0.05, 0) is 80.8 Å². The van der Waals surface area contributed by atoms with Crippen molar-refractivity contribution in [3.8, 4) is 0 Å².